The van der Waals surface area contributed by atoms with E-state index in [2.05, 4.69) is 43.1 Å². The molecule has 0 saturated carbocycles. The number of hydrogen-bond donors (Lipinski definition) is 1. The summed E-state index contributed by atoms with van der Waals surface area (Å²) >= 11 is 0. The van der Waals surface area contributed by atoms with Gasteiger partial charge in [-0.25, -0.2) is 4.98 Å². The molecule has 1 aromatic heterocycles. The third kappa shape index (κ3) is 3.25. The lowest BCUT2D eigenvalue weighted by atomic mass is 9.96. The van der Waals surface area contributed by atoms with Crippen LogP contribution in [0.15, 0.2) is 48.5 Å². The molecule has 130 valence electrons. The van der Waals surface area contributed by atoms with Crippen LogP contribution in [-0.2, 0) is 0 Å². The van der Waals surface area contributed by atoms with Crippen molar-refractivity contribution in [3.63, 3.8) is 0 Å². The fourth-order valence-corrected chi connectivity index (χ4v) is 3.00. The molecule has 0 bridgehead atoms. The van der Waals surface area contributed by atoms with Crippen LogP contribution >= 0.6 is 0 Å². The maximum Gasteiger partial charge on any atom is 0.142 e. The van der Waals surface area contributed by atoms with Gasteiger partial charge in [0.1, 0.15) is 17.5 Å². The molecule has 0 atom stereocenters. The highest BCUT2D eigenvalue weighted by Gasteiger charge is 2.14. The van der Waals surface area contributed by atoms with Crippen LogP contribution in [0.25, 0.3) is 22.4 Å². The smallest absolute Gasteiger partial charge is 0.142 e. The molecule has 2 aromatic carbocycles. The van der Waals surface area contributed by atoms with Gasteiger partial charge in [0.2, 0.25) is 0 Å². The molecule has 0 spiro atoms. The summed E-state index contributed by atoms with van der Waals surface area (Å²) in [6.07, 6.45) is 0. The Bertz CT molecular complexity index is 996. The number of nitrogens with two attached hydrogens (primary N) is 1. The van der Waals surface area contributed by atoms with Crippen molar-refractivity contribution in [3.8, 4) is 28.5 Å². The van der Waals surface area contributed by atoms with Crippen LogP contribution < -0.4 is 10.6 Å². The highest BCUT2D eigenvalue weighted by molar-refractivity contribution is 5.81. The average Bonchev–Trinajstić information content (AvgIpc) is 2.63. The lowest BCUT2D eigenvalue weighted by molar-refractivity contribution is 1.13. The van der Waals surface area contributed by atoms with E-state index >= 15 is 0 Å². The van der Waals surface area contributed by atoms with Gasteiger partial charge in [0.15, 0.2) is 0 Å². The Morgan fingerprint density at radius 3 is 2.27 bits per heavy atom. The van der Waals surface area contributed by atoms with Crippen LogP contribution in [0, 0.1) is 25.2 Å². The lowest BCUT2D eigenvalue weighted by Crippen LogP contribution is -2.08. The Hall–Kier alpha value is -3.32. The van der Waals surface area contributed by atoms with Crippen LogP contribution in [0.3, 0.4) is 0 Å². The molecule has 0 radical (unpaired) electrons. The number of hydrogen-bond acceptors (Lipinski definition) is 4. The first-order valence-electron chi connectivity index (χ1n) is 8.46. The number of nitrogens with zero attached hydrogens (tertiary/aromatic N) is 3. The minimum atomic E-state index is 0.262. The summed E-state index contributed by atoms with van der Waals surface area (Å²) in [4.78, 5) is 6.53. The molecule has 1 heterocycles. The summed E-state index contributed by atoms with van der Waals surface area (Å²) < 4.78 is 0. The summed E-state index contributed by atoms with van der Waals surface area (Å²) in [6, 6.07) is 18.5. The number of aromatic nitrogens is 1. The zero-order valence-corrected chi connectivity index (χ0v) is 15.5. The van der Waals surface area contributed by atoms with E-state index in [1.54, 1.807) is 0 Å². The average molecular weight is 342 g/mol. The van der Waals surface area contributed by atoms with Gasteiger partial charge >= 0.3 is 0 Å². The molecule has 0 unspecified atom stereocenters. The molecule has 0 saturated heterocycles. The van der Waals surface area contributed by atoms with Crippen molar-refractivity contribution in [3.05, 3.63) is 65.2 Å². The van der Waals surface area contributed by atoms with Crippen molar-refractivity contribution in [2.75, 3.05) is 24.7 Å². The Kier molecular flexibility index (Phi) is 4.64. The van der Waals surface area contributed by atoms with E-state index in [0.29, 0.717) is 5.56 Å². The van der Waals surface area contributed by atoms with Crippen LogP contribution in [-0.4, -0.2) is 19.1 Å². The number of nitriles is 1. The standard InChI is InChI=1S/C22H22N4/c1-14-5-6-15(2)18(11-14)21-12-19(20(13-23)22(24)25-21)16-7-9-17(10-8-16)26(3)4/h5-12H,1-4H3,(H2,24,25). The van der Waals surface area contributed by atoms with E-state index < -0.39 is 0 Å². The number of nitrogen functional groups attached to an aromatic ring is 1. The minimum absolute atomic E-state index is 0.262. The van der Waals surface area contributed by atoms with Gasteiger partial charge < -0.3 is 10.6 Å². The Morgan fingerprint density at radius 1 is 0.962 bits per heavy atom. The number of aryl methyl sites for hydroxylation is 2. The molecule has 0 aliphatic heterocycles. The second-order valence-electron chi connectivity index (χ2n) is 6.69. The summed E-state index contributed by atoms with van der Waals surface area (Å²) in [5.41, 5.74) is 13.5. The number of pyridine rings is 1. The fourth-order valence-electron chi connectivity index (χ4n) is 3.00. The largest absolute Gasteiger partial charge is 0.383 e. The number of anilines is 2. The predicted octanol–water partition coefficient (Wildman–Crippen LogP) is 4.55. The molecule has 4 heteroatoms. The van der Waals surface area contributed by atoms with Gasteiger partial charge in [0.25, 0.3) is 0 Å². The zero-order valence-electron chi connectivity index (χ0n) is 15.5. The van der Waals surface area contributed by atoms with E-state index in [0.717, 1.165) is 39.2 Å². The topological polar surface area (TPSA) is 65.9 Å². The third-order valence-corrected chi connectivity index (χ3v) is 4.52. The van der Waals surface area contributed by atoms with Crippen molar-refractivity contribution in [2.24, 2.45) is 0 Å². The highest BCUT2D eigenvalue weighted by Crippen LogP contribution is 2.33. The van der Waals surface area contributed by atoms with Crippen LogP contribution in [0.4, 0.5) is 11.5 Å². The molecule has 0 fully saturated rings. The van der Waals surface area contributed by atoms with Gasteiger partial charge in [-0.1, -0.05) is 29.8 Å². The molecule has 3 aromatic rings. The molecule has 0 amide bonds. The highest BCUT2D eigenvalue weighted by atomic mass is 15.1. The van der Waals surface area contributed by atoms with Gasteiger partial charge in [-0.15, -0.1) is 0 Å². The number of rotatable bonds is 3. The lowest BCUT2D eigenvalue weighted by Gasteiger charge is -2.15. The van der Waals surface area contributed by atoms with Crippen LogP contribution in [0.1, 0.15) is 16.7 Å². The predicted molar refractivity (Wildman–Crippen MR) is 108 cm³/mol. The van der Waals surface area contributed by atoms with Crippen molar-refractivity contribution >= 4 is 11.5 Å². The van der Waals surface area contributed by atoms with Crippen LogP contribution in [0.5, 0.6) is 0 Å². The van der Waals surface area contributed by atoms with Crippen molar-refractivity contribution < 1.29 is 0 Å². The quantitative estimate of drug-likeness (QED) is 0.758. The molecule has 0 aliphatic carbocycles. The van der Waals surface area contributed by atoms with E-state index in [1.165, 1.54) is 0 Å². The Labute approximate surface area is 154 Å². The van der Waals surface area contributed by atoms with E-state index in [4.69, 9.17) is 5.73 Å². The fraction of sp³-hybridized carbons (Fsp3) is 0.182. The minimum Gasteiger partial charge on any atom is -0.383 e. The molecule has 3 rings (SSSR count). The van der Waals surface area contributed by atoms with Gasteiger partial charge in [0, 0.05) is 30.9 Å². The normalized spacial score (nSPS) is 10.4. The molecule has 2 N–H and O–H groups in total. The summed E-state index contributed by atoms with van der Waals surface area (Å²) in [5, 5.41) is 9.59. The van der Waals surface area contributed by atoms with Gasteiger partial charge in [-0.05, 0) is 49.2 Å². The van der Waals surface area contributed by atoms with E-state index in [9.17, 15) is 5.26 Å². The Balaban J connectivity index is 2.20. The van der Waals surface area contributed by atoms with Gasteiger partial charge in [-0.2, -0.15) is 5.26 Å². The monoisotopic (exact) mass is 342 g/mol. The second kappa shape index (κ2) is 6.89. The summed E-state index contributed by atoms with van der Waals surface area (Å²) in [7, 11) is 4.00. The molecule has 26 heavy (non-hydrogen) atoms. The first-order chi connectivity index (χ1) is 12.4. The van der Waals surface area contributed by atoms with Crippen molar-refractivity contribution in [1.82, 2.24) is 4.98 Å². The maximum absolute atomic E-state index is 9.59. The zero-order chi connectivity index (χ0) is 18.8. The van der Waals surface area contributed by atoms with E-state index in [-0.39, 0.29) is 5.82 Å². The summed E-state index contributed by atoms with van der Waals surface area (Å²) in [6.45, 7) is 4.10. The Morgan fingerprint density at radius 2 is 1.65 bits per heavy atom. The summed E-state index contributed by atoms with van der Waals surface area (Å²) in [5.74, 6) is 0.262. The second-order valence-corrected chi connectivity index (χ2v) is 6.69. The number of benzene rings is 2. The first kappa shape index (κ1) is 17.5. The van der Waals surface area contributed by atoms with Gasteiger partial charge in [0.05, 0.1) is 5.69 Å². The maximum atomic E-state index is 9.59. The SMILES string of the molecule is Cc1ccc(C)c(-c2cc(-c3ccc(N(C)C)cc3)c(C#N)c(N)n2)c1. The third-order valence-electron chi connectivity index (χ3n) is 4.52. The molecule has 4 nitrogen and oxygen atoms in total. The van der Waals surface area contributed by atoms with Gasteiger partial charge in [-0.3, -0.25) is 0 Å². The molecular formula is C22H22N4. The molecular weight excluding hydrogens is 320 g/mol. The van der Waals surface area contributed by atoms with Crippen molar-refractivity contribution in [1.29, 1.82) is 5.26 Å². The van der Waals surface area contributed by atoms with E-state index in [1.807, 2.05) is 49.3 Å². The van der Waals surface area contributed by atoms with Crippen molar-refractivity contribution in [2.45, 2.75) is 13.8 Å². The van der Waals surface area contributed by atoms with Crippen LogP contribution in [0.2, 0.25) is 0 Å². The first-order valence-corrected chi connectivity index (χ1v) is 8.46. The molecule has 0 aliphatic rings.